The van der Waals surface area contributed by atoms with Crippen molar-refractivity contribution < 1.29 is 9.47 Å². The fraction of sp³-hybridized carbons (Fsp3) is 0.875. The van der Waals surface area contributed by atoms with Gasteiger partial charge in [-0.1, -0.05) is 24.5 Å². The normalized spacial score (nSPS) is 40.8. The highest BCUT2D eigenvalue weighted by Crippen LogP contribution is 2.66. The van der Waals surface area contributed by atoms with E-state index < -0.39 is 0 Å². The Labute approximate surface area is 111 Å². The molecule has 2 atom stereocenters. The molecule has 0 radical (unpaired) electrons. The minimum Gasteiger partial charge on any atom is -0.350 e. The van der Waals surface area contributed by atoms with E-state index in [0.717, 1.165) is 19.6 Å². The van der Waals surface area contributed by atoms with Gasteiger partial charge in [0.15, 0.2) is 6.29 Å². The molecule has 102 valence electrons. The van der Waals surface area contributed by atoms with Crippen LogP contribution in [0.15, 0.2) is 11.1 Å². The van der Waals surface area contributed by atoms with Gasteiger partial charge in [0, 0.05) is 0 Å². The zero-order chi connectivity index (χ0) is 12.8. The standard InChI is InChI=1S/C16H26O2/c1-12-11-15(3)6-4-7-16(15,13(12)2)8-5-14-17-9-10-18-14/h14H,4-11H2,1-3H3/t15-,16-/m0/s1. The number of rotatable bonds is 3. The third-order valence-corrected chi connectivity index (χ3v) is 6.00. The maximum Gasteiger partial charge on any atom is 0.157 e. The van der Waals surface area contributed by atoms with Gasteiger partial charge in [-0.3, -0.25) is 0 Å². The van der Waals surface area contributed by atoms with E-state index in [2.05, 4.69) is 20.8 Å². The van der Waals surface area contributed by atoms with Crippen LogP contribution in [0.5, 0.6) is 0 Å². The molecule has 2 nitrogen and oxygen atoms in total. The fourth-order valence-electron chi connectivity index (χ4n) is 4.90. The summed E-state index contributed by atoms with van der Waals surface area (Å²) in [6.07, 6.45) is 7.86. The molecule has 1 heterocycles. The average Bonchev–Trinajstić information content (AvgIpc) is 2.97. The van der Waals surface area contributed by atoms with E-state index in [9.17, 15) is 0 Å². The molecule has 1 aliphatic heterocycles. The Morgan fingerprint density at radius 3 is 2.61 bits per heavy atom. The Morgan fingerprint density at radius 1 is 1.17 bits per heavy atom. The Kier molecular flexibility index (Phi) is 3.06. The zero-order valence-corrected chi connectivity index (χ0v) is 12.1. The second-order valence-corrected chi connectivity index (χ2v) is 6.79. The molecule has 0 amide bonds. The van der Waals surface area contributed by atoms with Crippen LogP contribution in [0.3, 0.4) is 0 Å². The molecule has 18 heavy (non-hydrogen) atoms. The van der Waals surface area contributed by atoms with Gasteiger partial charge in [-0.05, 0) is 56.8 Å². The van der Waals surface area contributed by atoms with Crippen molar-refractivity contribution in [1.82, 2.24) is 0 Å². The Balaban J connectivity index is 1.77. The van der Waals surface area contributed by atoms with E-state index in [1.165, 1.54) is 32.1 Å². The molecule has 0 unspecified atom stereocenters. The molecule has 2 aliphatic carbocycles. The Morgan fingerprint density at radius 2 is 1.89 bits per heavy atom. The summed E-state index contributed by atoms with van der Waals surface area (Å²) in [5, 5.41) is 0. The quantitative estimate of drug-likeness (QED) is 0.703. The minimum absolute atomic E-state index is 0.0675. The van der Waals surface area contributed by atoms with Gasteiger partial charge in [0.2, 0.25) is 0 Å². The Bertz CT molecular complexity index is 367. The first-order valence-electron chi connectivity index (χ1n) is 7.47. The first-order chi connectivity index (χ1) is 8.57. The highest BCUT2D eigenvalue weighted by atomic mass is 16.7. The van der Waals surface area contributed by atoms with Crippen LogP contribution in [0.25, 0.3) is 0 Å². The third-order valence-electron chi connectivity index (χ3n) is 6.00. The summed E-state index contributed by atoms with van der Waals surface area (Å²) in [6.45, 7) is 8.79. The van der Waals surface area contributed by atoms with E-state index in [0.29, 0.717) is 10.8 Å². The summed E-state index contributed by atoms with van der Waals surface area (Å²) in [4.78, 5) is 0. The van der Waals surface area contributed by atoms with E-state index in [4.69, 9.17) is 9.47 Å². The van der Waals surface area contributed by atoms with Crippen LogP contribution in [0.4, 0.5) is 0 Å². The van der Waals surface area contributed by atoms with Crippen molar-refractivity contribution in [3.63, 3.8) is 0 Å². The van der Waals surface area contributed by atoms with Gasteiger partial charge in [-0.2, -0.15) is 0 Å². The number of allylic oxidation sites excluding steroid dienone is 2. The van der Waals surface area contributed by atoms with E-state index in [-0.39, 0.29) is 6.29 Å². The van der Waals surface area contributed by atoms with Crippen LogP contribution < -0.4 is 0 Å². The van der Waals surface area contributed by atoms with Gasteiger partial charge >= 0.3 is 0 Å². The number of ether oxygens (including phenoxy) is 2. The first kappa shape index (κ1) is 12.7. The van der Waals surface area contributed by atoms with Crippen molar-refractivity contribution >= 4 is 0 Å². The van der Waals surface area contributed by atoms with Crippen molar-refractivity contribution in [3.05, 3.63) is 11.1 Å². The van der Waals surface area contributed by atoms with Crippen LogP contribution in [0.2, 0.25) is 0 Å². The summed E-state index contributed by atoms with van der Waals surface area (Å²) >= 11 is 0. The number of hydrogen-bond acceptors (Lipinski definition) is 2. The summed E-state index contributed by atoms with van der Waals surface area (Å²) in [5.41, 5.74) is 4.29. The molecule has 1 saturated carbocycles. The molecule has 0 N–H and O–H groups in total. The second-order valence-electron chi connectivity index (χ2n) is 6.79. The predicted octanol–water partition coefficient (Wildman–Crippen LogP) is 4.06. The van der Waals surface area contributed by atoms with Crippen LogP contribution in [-0.2, 0) is 9.47 Å². The van der Waals surface area contributed by atoms with E-state index in [1.54, 1.807) is 11.1 Å². The van der Waals surface area contributed by atoms with Crippen molar-refractivity contribution in [2.24, 2.45) is 10.8 Å². The molecule has 2 fully saturated rings. The lowest BCUT2D eigenvalue weighted by atomic mass is 9.64. The largest absolute Gasteiger partial charge is 0.350 e. The molecule has 0 aromatic rings. The highest BCUT2D eigenvalue weighted by molar-refractivity contribution is 5.33. The van der Waals surface area contributed by atoms with Gasteiger partial charge < -0.3 is 9.47 Å². The lowest BCUT2D eigenvalue weighted by Crippen LogP contribution is -2.33. The molecule has 0 aromatic carbocycles. The van der Waals surface area contributed by atoms with Gasteiger partial charge in [-0.15, -0.1) is 0 Å². The molecular weight excluding hydrogens is 224 g/mol. The zero-order valence-electron chi connectivity index (χ0n) is 12.1. The van der Waals surface area contributed by atoms with Crippen LogP contribution in [-0.4, -0.2) is 19.5 Å². The topological polar surface area (TPSA) is 18.5 Å². The minimum atomic E-state index is 0.0675. The second kappa shape index (κ2) is 4.35. The summed E-state index contributed by atoms with van der Waals surface area (Å²) in [5.74, 6) is 0. The molecule has 3 aliphatic rings. The average molecular weight is 250 g/mol. The molecule has 0 spiro atoms. The molecule has 0 aromatic heterocycles. The van der Waals surface area contributed by atoms with Crippen molar-refractivity contribution in [1.29, 1.82) is 0 Å². The highest BCUT2D eigenvalue weighted by Gasteiger charge is 2.56. The van der Waals surface area contributed by atoms with Crippen LogP contribution >= 0.6 is 0 Å². The van der Waals surface area contributed by atoms with Gasteiger partial charge in [0.1, 0.15) is 0 Å². The third kappa shape index (κ3) is 1.69. The SMILES string of the molecule is CC1=C(C)[C@@]2(CCC3OCCO3)CCC[C@@]2(C)C1. The lowest BCUT2D eigenvalue weighted by molar-refractivity contribution is -0.0571. The molecule has 1 saturated heterocycles. The van der Waals surface area contributed by atoms with Crippen LogP contribution in [0.1, 0.15) is 59.3 Å². The van der Waals surface area contributed by atoms with Crippen molar-refractivity contribution in [3.8, 4) is 0 Å². The summed E-state index contributed by atoms with van der Waals surface area (Å²) < 4.78 is 11.2. The molecular formula is C16H26O2. The summed E-state index contributed by atoms with van der Waals surface area (Å²) in [6, 6.07) is 0. The van der Waals surface area contributed by atoms with E-state index >= 15 is 0 Å². The van der Waals surface area contributed by atoms with Crippen molar-refractivity contribution in [2.75, 3.05) is 13.2 Å². The lowest BCUT2D eigenvalue weighted by Gasteiger charge is -2.40. The van der Waals surface area contributed by atoms with Gasteiger partial charge in [0.05, 0.1) is 13.2 Å². The van der Waals surface area contributed by atoms with E-state index in [1.807, 2.05) is 0 Å². The number of fused-ring (bicyclic) bond motifs is 1. The van der Waals surface area contributed by atoms with Gasteiger partial charge in [0.25, 0.3) is 0 Å². The van der Waals surface area contributed by atoms with Crippen molar-refractivity contribution in [2.45, 2.75) is 65.6 Å². The molecule has 3 rings (SSSR count). The van der Waals surface area contributed by atoms with Crippen LogP contribution in [0, 0.1) is 10.8 Å². The molecule has 2 heteroatoms. The summed E-state index contributed by atoms with van der Waals surface area (Å²) in [7, 11) is 0. The first-order valence-corrected chi connectivity index (χ1v) is 7.47. The monoisotopic (exact) mass is 250 g/mol. The smallest absolute Gasteiger partial charge is 0.157 e. The van der Waals surface area contributed by atoms with Gasteiger partial charge in [-0.25, -0.2) is 0 Å². The fourth-order valence-corrected chi connectivity index (χ4v) is 4.90. The number of hydrogen-bond donors (Lipinski definition) is 0. The predicted molar refractivity (Wildman–Crippen MR) is 72.3 cm³/mol. The molecule has 0 bridgehead atoms. The Hall–Kier alpha value is -0.340. The maximum absolute atomic E-state index is 5.61. The maximum atomic E-state index is 5.61.